The van der Waals surface area contributed by atoms with E-state index in [4.69, 9.17) is 9.47 Å². The Hall–Kier alpha value is -4.26. The van der Waals surface area contributed by atoms with Gasteiger partial charge >= 0.3 is 12.1 Å². The summed E-state index contributed by atoms with van der Waals surface area (Å²) in [5.74, 6) is -1.71. The van der Waals surface area contributed by atoms with Crippen LogP contribution in [0.1, 0.15) is 63.5 Å². The van der Waals surface area contributed by atoms with Gasteiger partial charge in [-0.15, -0.1) is 21.5 Å². The van der Waals surface area contributed by atoms with E-state index in [0.717, 1.165) is 15.6 Å². The summed E-state index contributed by atoms with van der Waals surface area (Å²) in [5.41, 5.74) is 0.702. The molecule has 1 aliphatic carbocycles. The van der Waals surface area contributed by atoms with E-state index in [1.54, 1.807) is 57.4 Å². The predicted octanol–water partition coefficient (Wildman–Crippen LogP) is 5.35. The van der Waals surface area contributed by atoms with E-state index >= 15 is 0 Å². The molecule has 0 spiro atoms. The third kappa shape index (κ3) is 8.87. The van der Waals surface area contributed by atoms with Gasteiger partial charge in [0.25, 0.3) is 5.09 Å². The van der Waals surface area contributed by atoms with Crippen LogP contribution in [0.15, 0.2) is 48.8 Å². The van der Waals surface area contributed by atoms with Crippen molar-refractivity contribution in [3.63, 3.8) is 0 Å². The number of rotatable bonds is 10. The Labute approximate surface area is 246 Å². The zero-order valence-electron chi connectivity index (χ0n) is 23.7. The van der Waals surface area contributed by atoms with Crippen LogP contribution < -0.4 is 10.6 Å². The molecule has 2 N–H and O–H groups in total. The molecule has 1 fully saturated rings. The van der Waals surface area contributed by atoms with Crippen LogP contribution in [0.2, 0.25) is 0 Å². The summed E-state index contributed by atoms with van der Waals surface area (Å²) < 4.78 is 11.8. The Bertz CT molecular complexity index is 1380. The van der Waals surface area contributed by atoms with E-state index in [0.29, 0.717) is 36.2 Å². The van der Waals surface area contributed by atoms with Gasteiger partial charge in [-0.25, -0.2) is 4.79 Å². The summed E-state index contributed by atoms with van der Waals surface area (Å²) in [5, 5.41) is 17.0. The SMILES string of the molecule is CC(C)(C)OC(=O)NC[C@@H](C(=O)Nc1cc2ccncc2s1)c1ccc(COC(=O)C2CCC(O[N+](=O)[O-])CC2)cc1. The fourth-order valence-corrected chi connectivity index (χ4v) is 5.59. The molecule has 4 rings (SSSR count). The molecule has 13 heteroatoms. The molecule has 0 aliphatic heterocycles. The number of thiophene rings is 1. The standard InChI is InChI=1S/C29H34N4O8S/c1-29(2,3)40-28(36)31-15-23(26(34)32-25-14-21-12-13-30-16-24(21)42-25)19-6-4-18(5-7-19)17-39-27(35)20-8-10-22(11-9-20)41-33(37)38/h4-7,12-14,16,20,22-23H,8-11,15,17H2,1-3H3,(H,31,36)(H,32,34)/t20?,22?,23-/m1/s1. The number of alkyl carbamates (subject to hydrolysis) is 1. The van der Waals surface area contributed by atoms with E-state index in [2.05, 4.69) is 20.5 Å². The number of pyridine rings is 1. The maximum atomic E-state index is 13.4. The highest BCUT2D eigenvalue weighted by Crippen LogP contribution is 2.30. The number of benzene rings is 1. The minimum absolute atomic E-state index is 0.00433. The molecule has 42 heavy (non-hydrogen) atoms. The molecule has 1 saturated carbocycles. The Balaban J connectivity index is 1.38. The van der Waals surface area contributed by atoms with Crippen LogP contribution >= 0.6 is 11.3 Å². The second-order valence-corrected chi connectivity index (χ2v) is 12.2. The molecular weight excluding hydrogens is 564 g/mol. The third-order valence-electron chi connectivity index (χ3n) is 6.74. The van der Waals surface area contributed by atoms with Gasteiger partial charge in [0.15, 0.2) is 0 Å². The van der Waals surface area contributed by atoms with Gasteiger partial charge in [-0.05, 0) is 75.1 Å². The number of nitrogens with zero attached hydrogens (tertiary/aromatic N) is 2. The molecule has 2 amide bonds. The molecule has 1 atom stereocenters. The minimum Gasteiger partial charge on any atom is -0.461 e. The fourth-order valence-electron chi connectivity index (χ4n) is 4.66. The van der Waals surface area contributed by atoms with Gasteiger partial charge < -0.3 is 24.9 Å². The first-order valence-electron chi connectivity index (χ1n) is 13.6. The molecule has 0 bridgehead atoms. The number of nitrogens with one attached hydrogen (secondary N) is 2. The molecule has 0 radical (unpaired) electrons. The number of hydrogen-bond donors (Lipinski definition) is 2. The van der Waals surface area contributed by atoms with Crippen molar-refractivity contribution in [1.82, 2.24) is 10.3 Å². The monoisotopic (exact) mass is 598 g/mol. The fraction of sp³-hybridized carbons (Fsp3) is 0.448. The Morgan fingerprint density at radius 1 is 1.12 bits per heavy atom. The van der Waals surface area contributed by atoms with Crippen LogP contribution in [-0.2, 0) is 30.5 Å². The normalized spacial score (nSPS) is 17.6. The van der Waals surface area contributed by atoms with Crippen molar-refractivity contribution in [1.29, 1.82) is 0 Å². The summed E-state index contributed by atoms with van der Waals surface area (Å²) in [7, 11) is 0. The van der Waals surface area contributed by atoms with E-state index in [1.807, 2.05) is 12.1 Å². The van der Waals surface area contributed by atoms with Crippen molar-refractivity contribution in [3.05, 3.63) is 70.0 Å². The summed E-state index contributed by atoms with van der Waals surface area (Å²) in [6.07, 6.45) is 4.09. The number of anilines is 1. The van der Waals surface area contributed by atoms with E-state index in [-0.39, 0.29) is 30.9 Å². The lowest BCUT2D eigenvalue weighted by Gasteiger charge is -2.25. The number of fused-ring (bicyclic) bond motifs is 1. The van der Waals surface area contributed by atoms with Crippen LogP contribution in [-0.4, -0.2) is 46.3 Å². The van der Waals surface area contributed by atoms with Crippen LogP contribution in [0, 0.1) is 16.0 Å². The zero-order chi connectivity index (χ0) is 30.3. The third-order valence-corrected chi connectivity index (χ3v) is 7.74. The number of hydrogen-bond acceptors (Lipinski definition) is 10. The molecule has 2 aromatic heterocycles. The Morgan fingerprint density at radius 3 is 2.48 bits per heavy atom. The molecule has 2 heterocycles. The lowest BCUT2D eigenvalue weighted by Crippen LogP contribution is -2.37. The molecule has 224 valence electrons. The predicted molar refractivity (Wildman–Crippen MR) is 155 cm³/mol. The lowest BCUT2D eigenvalue weighted by atomic mass is 9.87. The average Bonchev–Trinajstić information content (AvgIpc) is 3.34. The minimum atomic E-state index is -0.795. The summed E-state index contributed by atoms with van der Waals surface area (Å²) in [6, 6.07) is 10.8. The van der Waals surface area contributed by atoms with E-state index in [9.17, 15) is 24.5 Å². The molecular formula is C29H34N4O8S. The first kappa shape index (κ1) is 30.7. The summed E-state index contributed by atoms with van der Waals surface area (Å²) in [4.78, 5) is 57.5. The van der Waals surface area contributed by atoms with E-state index in [1.165, 1.54) is 11.3 Å². The Kier molecular flexibility index (Phi) is 9.94. The summed E-state index contributed by atoms with van der Waals surface area (Å²) >= 11 is 1.40. The quantitative estimate of drug-likeness (QED) is 0.178. The number of amides is 2. The first-order valence-corrected chi connectivity index (χ1v) is 14.5. The van der Waals surface area contributed by atoms with Gasteiger partial charge in [-0.2, -0.15) is 0 Å². The Morgan fingerprint density at radius 2 is 1.83 bits per heavy atom. The second kappa shape index (κ2) is 13.6. The van der Waals surface area contributed by atoms with Gasteiger partial charge in [0.2, 0.25) is 5.91 Å². The molecule has 1 aromatic carbocycles. The van der Waals surface area contributed by atoms with Crippen molar-refractivity contribution >= 4 is 44.4 Å². The average molecular weight is 599 g/mol. The van der Waals surface area contributed by atoms with Gasteiger partial charge in [-0.3, -0.25) is 14.6 Å². The van der Waals surface area contributed by atoms with Crippen molar-refractivity contribution in [2.45, 2.75) is 70.7 Å². The molecule has 0 saturated heterocycles. The highest BCUT2D eigenvalue weighted by molar-refractivity contribution is 7.22. The number of carbonyl (C=O) groups is 3. The first-order chi connectivity index (χ1) is 20.0. The summed E-state index contributed by atoms with van der Waals surface area (Å²) in [6.45, 7) is 5.33. The van der Waals surface area contributed by atoms with Gasteiger partial charge in [0, 0.05) is 18.9 Å². The lowest BCUT2D eigenvalue weighted by molar-refractivity contribution is -0.769. The molecule has 12 nitrogen and oxygen atoms in total. The van der Waals surface area contributed by atoms with Crippen molar-refractivity contribution in [3.8, 4) is 0 Å². The van der Waals surface area contributed by atoms with Gasteiger partial charge in [-0.1, -0.05) is 24.3 Å². The van der Waals surface area contributed by atoms with Crippen LogP contribution in [0.25, 0.3) is 10.1 Å². The maximum absolute atomic E-state index is 13.4. The second-order valence-electron chi connectivity index (χ2n) is 11.1. The number of aromatic nitrogens is 1. The topological polar surface area (TPSA) is 159 Å². The largest absolute Gasteiger partial charge is 0.461 e. The van der Waals surface area contributed by atoms with Gasteiger partial charge in [0.05, 0.1) is 21.5 Å². The van der Waals surface area contributed by atoms with E-state index < -0.39 is 28.8 Å². The maximum Gasteiger partial charge on any atom is 0.407 e. The molecule has 1 aliphatic rings. The van der Waals surface area contributed by atoms with Crippen LogP contribution in [0.5, 0.6) is 0 Å². The molecule has 0 unspecified atom stereocenters. The van der Waals surface area contributed by atoms with Crippen molar-refractivity contribution < 1.29 is 33.8 Å². The highest BCUT2D eigenvalue weighted by Gasteiger charge is 2.29. The highest BCUT2D eigenvalue weighted by atomic mass is 32.1. The van der Waals surface area contributed by atoms with Crippen LogP contribution in [0.4, 0.5) is 9.80 Å². The zero-order valence-corrected chi connectivity index (χ0v) is 24.5. The van der Waals surface area contributed by atoms with Crippen molar-refractivity contribution in [2.24, 2.45) is 5.92 Å². The van der Waals surface area contributed by atoms with Crippen molar-refractivity contribution in [2.75, 3.05) is 11.9 Å². The van der Waals surface area contributed by atoms with Gasteiger partial charge in [0.1, 0.15) is 18.3 Å². The molecule has 3 aromatic rings. The smallest absolute Gasteiger partial charge is 0.407 e. The number of carbonyl (C=O) groups excluding carboxylic acids is 3. The number of ether oxygens (including phenoxy) is 2. The van der Waals surface area contributed by atoms with Crippen LogP contribution in [0.3, 0.4) is 0 Å². The number of esters is 1.